The molecule has 0 aliphatic rings. The summed E-state index contributed by atoms with van der Waals surface area (Å²) in [5, 5.41) is 13.4. The average molecular weight is 302 g/mol. The summed E-state index contributed by atoms with van der Waals surface area (Å²) >= 11 is 0. The van der Waals surface area contributed by atoms with Crippen LogP contribution in [-0.4, -0.2) is 29.0 Å². The van der Waals surface area contributed by atoms with Crippen molar-refractivity contribution in [3.05, 3.63) is 30.2 Å². The molecule has 0 aliphatic heterocycles. The van der Waals surface area contributed by atoms with E-state index < -0.39 is 8.07 Å². The Morgan fingerprint density at radius 3 is 2.67 bits per heavy atom. The lowest BCUT2D eigenvalue weighted by Crippen LogP contribution is -2.22. The summed E-state index contributed by atoms with van der Waals surface area (Å²) < 4.78 is 9.44. The van der Waals surface area contributed by atoms with E-state index in [1.165, 1.54) is 0 Å². The third kappa shape index (κ3) is 4.06. The highest BCUT2D eigenvalue weighted by Gasteiger charge is 2.14. The van der Waals surface area contributed by atoms with Crippen molar-refractivity contribution < 1.29 is 4.74 Å². The predicted octanol–water partition coefficient (Wildman–Crippen LogP) is 3.07. The molecule has 5 nitrogen and oxygen atoms in total. The van der Waals surface area contributed by atoms with E-state index in [-0.39, 0.29) is 0 Å². The summed E-state index contributed by atoms with van der Waals surface area (Å²) in [4.78, 5) is 0. The third-order valence-corrected chi connectivity index (χ3v) is 5.02. The smallest absolute Gasteiger partial charge is 0.124 e. The minimum absolute atomic E-state index is 0.407. The highest BCUT2D eigenvalue weighted by atomic mass is 28.3. The first kappa shape index (κ1) is 15.5. The van der Waals surface area contributed by atoms with Gasteiger partial charge in [0.1, 0.15) is 18.5 Å². The normalized spacial score (nSPS) is 11.6. The molecule has 0 fully saturated rings. The molecule has 0 amide bonds. The van der Waals surface area contributed by atoms with Crippen molar-refractivity contribution in [3.8, 4) is 17.3 Å². The van der Waals surface area contributed by atoms with Crippen LogP contribution in [0.15, 0.2) is 24.5 Å². The molecule has 0 N–H and O–H groups in total. The summed E-state index contributed by atoms with van der Waals surface area (Å²) in [5.74, 6) is 0. The third-order valence-electron chi connectivity index (χ3n) is 3.31. The lowest BCUT2D eigenvalue weighted by atomic mass is 10.2. The summed E-state index contributed by atoms with van der Waals surface area (Å²) in [6.45, 7) is 8.13. The molecule has 2 aromatic heterocycles. The highest BCUT2D eigenvalue weighted by Crippen LogP contribution is 2.22. The van der Waals surface area contributed by atoms with Crippen molar-refractivity contribution in [2.24, 2.45) is 7.05 Å². The summed E-state index contributed by atoms with van der Waals surface area (Å²) in [6.07, 6.45) is 3.74. The Kier molecular flexibility index (Phi) is 4.65. The molecule has 0 saturated carbocycles. The molecule has 0 atom stereocenters. The van der Waals surface area contributed by atoms with E-state index in [1.54, 1.807) is 10.9 Å². The van der Waals surface area contributed by atoms with Gasteiger partial charge in [0.05, 0.1) is 11.9 Å². The van der Waals surface area contributed by atoms with Crippen LogP contribution >= 0.6 is 0 Å². The Morgan fingerprint density at radius 2 is 2.10 bits per heavy atom. The van der Waals surface area contributed by atoms with Crippen LogP contribution in [-0.2, 0) is 18.5 Å². The summed E-state index contributed by atoms with van der Waals surface area (Å²) in [6, 6.07) is 7.10. The van der Waals surface area contributed by atoms with Gasteiger partial charge in [0.25, 0.3) is 0 Å². The Balaban J connectivity index is 2.11. The molecule has 6 heteroatoms. The number of aromatic nitrogens is 3. The van der Waals surface area contributed by atoms with Crippen LogP contribution in [0, 0.1) is 11.3 Å². The Morgan fingerprint density at radius 1 is 1.33 bits per heavy atom. The van der Waals surface area contributed by atoms with Gasteiger partial charge in [-0.05, 0) is 18.2 Å². The Hall–Kier alpha value is -1.84. The molecule has 0 aromatic carbocycles. The molecule has 2 aromatic rings. The second-order valence-corrected chi connectivity index (χ2v) is 12.0. The van der Waals surface area contributed by atoms with E-state index in [0.717, 1.165) is 23.9 Å². The van der Waals surface area contributed by atoms with Crippen LogP contribution in [0.4, 0.5) is 0 Å². The van der Waals surface area contributed by atoms with Gasteiger partial charge in [-0.3, -0.25) is 4.68 Å². The number of ether oxygens (including phenoxy) is 1. The molecule has 2 heterocycles. The minimum atomic E-state index is -1.09. The molecule has 112 valence electrons. The van der Waals surface area contributed by atoms with Gasteiger partial charge >= 0.3 is 0 Å². The van der Waals surface area contributed by atoms with Crippen LogP contribution in [0.5, 0.6) is 0 Å². The fraction of sp³-hybridized carbons (Fsp3) is 0.467. The zero-order chi connectivity index (χ0) is 15.5. The molecular formula is C15H22N4OSi. The van der Waals surface area contributed by atoms with Crippen LogP contribution < -0.4 is 0 Å². The van der Waals surface area contributed by atoms with E-state index in [9.17, 15) is 5.26 Å². The van der Waals surface area contributed by atoms with Gasteiger partial charge in [0.15, 0.2) is 0 Å². The Labute approximate surface area is 126 Å². The van der Waals surface area contributed by atoms with Gasteiger partial charge in [-0.15, -0.1) is 0 Å². The minimum Gasteiger partial charge on any atom is -0.361 e. The van der Waals surface area contributed by atoms with Crippen LogP contribution in [0.25, 0.3) is 11.3 Å². The van der Waals surface area contributed by atoms with Gasteiger partial charge in [-0.2, -0.15) is 10.4 Å². The van der Waals surface area contributed by atoms with Gasteiger partial charge in [0.2, 0.25) is 0 Å². The van der Waals surface area contributed by atoms with Crippen molar-refractivity contribution in [2.75, 3.05) is 6.61 Å². The quantitative estimate of drug-likeness (QED) is 0.608. The number of nitriles is 1. The molecule has 0 aliphatic carbocycles. The monoisotopic (exact) mass is 302 g/mol. The van der Waals surface area contributed by atoms with Crippen molar-refractivity contribution in [3.63, 3.8) is 0 Å². The topological polar surface area (TPSA) is 55.8 Å². The van der Waals surface area contributed by atoms with Gasteiger partial charge in [0, 0.05) is 33.5 Å². The number of nitrogens with zero attached hydrogens (tertiary/aromatic N) is 4. The van der Waals surface area contributed by atoms with Crippen LogP contribution in [0.3, 0.4) is 0 Å². The average Bonchev–Trinajstić information content (AvgIpc) is 2.99. The molecule has 0 unspecified atom stereocenters. The maximum atomic E-state index is 9.23. The van der Waals surface area contributed by atoms with E-state index in [4.69, 9.17) is 4.74 Å². The molecule has 0 saturated heterocycles. The molecule has 0 spiro atoms. The first-order valence-electron chi connectivity index (χ1n) is 7.07. The number of aryl methyl sites for hydroxylation is 1. The lowest BCUT2D eigenvalue weighted by Gasteiger charge is -2.16. The second kappa shape index (κ2) is 6.29. The SMILES string of the molecule is Cn1cc(-c2ccc(C#N)n2COCC[Si](C)(C)C)cn1. The molecular weight excluding hydrogens is 280 g/mol. The molecule has 2 rings (SSSR count). The van der Waals surface area contributed by atoms with E-state index in [2.05, 4.69) is 30.8 Å². The Bertz CT molecular complexity index is 645. The van der Waals surface area contributed by atoms with Crippen molar-refractivity contribution in [2.45, 2.75) is 32.4 Å². The highest BCUT2D eigenvalue weighted by molar-refractivity contribution is 6.76. The standard InChI is InChI=1S/C15H22N4OSi/c1-18-11-13(10-17-18)15-6-5-14(9-16)19(15)12-20-7-8-21(2,3)4/h5-6,10-11H,7-8,12H2,1-4H3. The lowest BCUT2D eigenvalue weighted by molar-refractivity contribution is 0.0880. The van der Waals surface area contributed by atoms with Crippen molar-refractivity contribution >= 4 is 8.07 Å². The number of hydrogen-bond donors (Lipinski definition) is 0. The van der Waals surface area contributed by atoms with E-state index in [0.29, 0.717) is 12.4 Å². The first-order chi connectivity index (χ1) is 9.90. The number of hydrogen-bond acceptors (Lipinski definition) is 3. The number of rotatable bonds is 6. The van der Waals surface area contributed by atoms with Crippen LogP contribution in [0.2, 0.25) is 25.7 Å². The molecule has 0 bridgehead atoms. The van der Waals surface area contributed by atoms with Crippen molar-refractivity contribution in [1.29, 1.82) is 5.26 Å². The summed E-state index contributed by atoms with van der Waals surface area (Å²) in [5.41, 5.74) is 2.57. The molecule has 21 heavy (non-hydrogen) atoms. The largest absolute Gasteiger partial charge is 0.361 e. The zero-order valence-corrected chi connectivity index (χ0v) is 14.1. The van der Waals surface area contributed by atoms with Gasteiger partial charge in [-0.1, -0.05) is 19.6 Å². The van der Waals surface area contributed by atoms with E-state index >= 15 is 0 Å². The predicted molar refractivity (Wildman–Crippen MR) is 85.5 cm³/mol. The van der Waals surface area contributed by atoms with E-state index in [1.807, 2.05) is 29.9 Å². The first-order valence-corrected chi connectivity index (χ1v) is 10.8. The summed E-state index contributed by atoms with van der Waals surface area (Å²) in [7, 11) is 0.793. The maximum absolute atomic E-state index is 9.23. The zero-order valence-electron chi connectivity index (χ0n) is 13.1. The fourth-order valence-corrected chi connectivity index (χ4v) is 2.80. The fourth-order valence-electron chi connectivity index (χ4n) is 2.04. The maximum Gasteiger partial charge on any atom is 0.124 e. The second-order valence-electron chi connectivity index (χ2n) is 6.39. The molecule has 0 radical (unpaired) electrons. The van der Waals surface area contributed by atoms with Gasteiger partial charge in [-0.25, -0.2) is 0 Å². The van der Waals surface area contributed by atoms with Gasteiger partial charge < -0.3 is 9.30 Å². The van der Waals surface area contributed by atoms with Crippen LogP contribution in [0.1, 0.15) is 5.69 Å². The van der Waals surface area contributed by atoms with Crippen molar-refractivity contribution in [1.82, 2.24) is 14.3 Å².